The van der Waals surface area contributed by atoms with Crippen molar-refractivity contribution in [1.82, 2.24) is 0 Å². The van der Waals surface area contributed by atoms with Crippen LogP contribution < -0.4 is 0 Å². The Hall–Kier alpha value is -0.340. The molecule has 0 amide bonds. The van der Waals surface area contributed by atoms with Gasteiger partial charge in [-0.25, -0.2) is 0 Å². The van der Waals surface area contributed by atoms with Gasteiger partial charge in [-0.15, -0.1) is 0 Å². The molecule has 0 N–H and O–H groups in total. The zero-order valence-electron chi connectivity index (χ0n) is 9.25. The van der Waals surface area contributed by atoms with Crippen molar-refractivity contribution >= 4 is 0 Å². The lowest BCUT2D eigenvalue weighted by Gasteiger charge is -2.15. The Labute approximate surface area is 81.9 Å². The quantitative estimate of drug-likeness (QED) is 0.569. The Balaban J connectivity index is 3.74. The molecule has 0 bridgehead atoms. The standard InChI is InChI=1S/C11H22O2/c1-5-10(2)9-11(13-4)7-6-8-12-3/h6-7,10-11H,5,8-9H2,1-4H3. The fourth-order valence-corrected chi connectivity index (χ4v) is 1.12. The fourth-order valence-electron chi connectivity index (χ4n) is 1.12. The van der Waals surface area contributed by atoms with Crippen molar-refractivity contribution in [3.05, 3.63) is 12.2 Å². The van der Waals surface area contributed by atoms with Gasteiger partial charge in [-0.2, -0.15) is 0 Å². The van der Waals surface area contributed by atoms with E-state index in [1.807, 2.05) is 6.08 Å². The van der Waals surface area contributed by atoms with Crippen LogP contribution in [0.5, 0.6) is 0 Å². The number of methoxy groups -OCH3 is 2. The molecule has 0 rings (SSSR count). The van der Waals surface area contributed by atoms with E-state index in [9.17, 15) is 0 Å². The van der Waals surface area contributed by atoms with Gasteiger partial charge in [-0.05, 0) is 12.3 Å². The number of hydrogen-bond donors (Lipinski definition) is 0. The minimum absolute atomic E-state index is 0.241. The van der Waals surface area contributed by atoms with Crippen molar-refractivity contribution in [3.8, 4) is 0 Å². The summed E-state index contributed by atoms with van der Waals surface area (Å²) >= 11 is 0. The number of rotatable bonds is 7. The van der Waals surface area contributed by atoms with E-state index in [2.05, 4.69) is 19.9 Å². The highest BCUT2D eigenvalue weighted by atomic mass is 16.5. The maximum atomic E-state index is 5.33. The van der Waals surface area contributed by atoms with Gasteiger partial charge in [-0.3, -0.25) is 0 Å². The first-order valence-corrected chi connectivity index (χ1v) is 4.92. The molecule has 78 valence electrons. The summed E-state index contributed by atoms with van der Waals surface area (Å²) in [5.41, 5.74) is 0. The molecular weight excluding hydrogens is 164 g/mol. The molecule has 0 aromatic rings. The zero-order valence-corrected chi connectivity index (χ0v) is 9.25. The Bertz CT molecular complexity index is 132. The van der Waals surface area contributed by atoms with Crippen LogP contribution in [-0.4, -0.2) is 26.9 Å². The first-order valence-electron chi connectivity index (χ1n) is 4.92. The Morgan fingerprint density at radius 2 is 2.00 bits per heavy atom. The van der Waals surface area contributed by atoms with E-state index in [4.69, 9.17) is 9.47 Å². The van der Waals surface area contributed by atoms with Crippen LogP contribution in [0.3, 0.4) is 0 Å². The predicted molar refractivity (Wildman–Crippen MR) is 55.9 cm³/mol. The van der Waals surface area contributed by atoms with Crippen molar-refractivity contribution in [3.63, 3.8) is 0 Å². The van der Waals surface area contributed by atoms with Crippen LogP contribution in [-0.2, 0) is 9.47 Å². The van der Waals surface area contributed by atoms with Gasteiger partial charge in [0.25, 0.3) is 0 Å². The van der Waals surface area contributed by atoms with Crippen LogP contribution in [0.2, 0.25) is 0 Å². The topological polar surface area (TPSA) is 18.5 Å². The van der Waals surface area contributed by atoms with Crippen molar-refractivity contribution in [2.24, 2.45) is 5.92 Å². The van der Waals surface area contributed by atoms with E-state index < -0.39 is 0 Å². The normalized spacial score (nSPS) is 16.3. The second-order valence-corrected chi connectivity index (χ2v) is 3.41. The van der Waals surface area contributed by atoms with Crippen LogP contribution >= 0.6 is 0 Å². The van der Waals surface area contributed by atoms with Gasteiger partial charge in [0, 0.05) is 14.2 Å². The maximum Gasteiger partial charge on any atom is 0.0755 e. The molecule has 0 heterocycles. The lowest BCUT2D eigenvalue weighted by atomic mass is 10.0. The van der Waals surface area contributed by atoms with Crippen molar-refractivity contribution in [1.29, 1.82) is 0 Å². The minimum Gasteiger partial charge on any atom is -0.381 e. The lowest BCUT2D eigenvalue weighted by molar-refractivity contribution is 0.118. The van der Waals surface area contributed by atoms with Crippen LogP contribution in [0.15, 0.2) is 12.2 Å². The summed E-state index contributed by atoms with van der Waals surface area (Å²) in [4.78, 5) is 0. The van der Waals surface area contributed by atoms with E-state index in [1.165, 1.54) is 6.42 Å². The molecule has 0 spiro atoms. The van der Waals surface area contributed by atoms with Gasteiger partial charge < -0.3 is 9.47 Å². The van der Waals surface area contributed by atoms with Gasteiger partial charge in [-0.1, -0.05) is 32.4 Å². The molecule has 0 aliphatic rings. The molecule has 0 aromatic heterocycles. The van der Waals surface area contributed by atoms with E-state index in [1.54, 1.807) is 14.2 Å². The summed E-state index contributed by atoms with van der Waals surface area (Å²) in [5, 5.41) is 0. The van der Waals surface area contributed by atoms with E-state index in [0.717, 1.165) is 12.3 Å². The maximum absolute atomic E-state index is 5.33. The van der Waals surface area contributed by atoms with Gasteiger partial charge in [0.2, 0.25) is 0 Å². The summed E-state index contributed by atoms with van der Waals surface area (Å²) < 4.78 is 10.3. The van der Waals surface area contributed by atoms with E-state index >= 15 is 0 Å². The Morgan fingerprint density at radius 1 is 1.31 bits per heavy atom. The fraction of sp³-hybridized carbons (Fsp3) is 0.818. The lowest BCUT2D eigenvalue weighted by Crippen LogP contribution is -2.11. The smallest absolute Gasteiger partial charge is 0.0755 e. The van der Waals surface area contributed by atoms with Crippen LogP contribution in [0, 0.1) is 5.92 Å². The average Bonchev–Trinajstić information content (AvgIpc) is 2.16. The largest absolute Gasteiger partial charge is 0.381 e. The van der Waals surface area contributed by atoms with Gasteiger partial charge in [0.15, 0.2) is 0 Å². The second-order valence-electron chi connectivity index (χ2n) is 3.41. The third-order valence-corrected chi connectivity index (χ3v) is 2.25. The summed E-state index contributed by atoms with van der Waals surface area (Å²) in [6.07, 6.45) is 6.63. The average molecular weight is 186 g/mol. The second kappa shape index (κ2) is 8.27. The Kier molecular flexibility index (Phi) is 8.05. The van der Waals surface area contributed by atoms with Crippen LogP contribution in [0.1, 0.15) is 26.7 Å². The summed E-state index contributed by atoms with van der Waals surface area (Å²) in [6, 6.07) is 0. The Morgan fingerprint density at radius 3 is 2.46 bits per heavy atom. The van der Waals surface area contributed by atoms with Crippen molar-refractivity contribution in [2.75, 3.05) is 20.8 Å². The predicted octanol–water partition coefficient (Wildman–Crippen LogP) is 2.64. The van der Waals surface area contributed by atoms with Gasteiger partial charge >= 0.3 is 0 Å². The van der Waals surface area contributed by atoms with Gasteiger partial charge in [0.1, 0.15) is 0 Å². The molecule has 2 atom stereocenters. The molecule has 0 aliphatic heterocycles. The highest BCUT2D eigenvalue weighted by molar-refractivity contribution is 4.90. The summed E-state index contributed by atoms with van der Waals surface area (Å²) in [5.74, 6) is 0.720. The zero-order chi connectivity index (χ0) is 10.1. The summed E-state index contributed by atoms with van der Waals surface area (Å²) in [6.45, 7) is 5.12. The minimum atomic E-state index is 0.241. The molecule has 0 saturated carbocycles. The molecule has 0 radical (unpaired) electrons. The van der Waals surface area contributed by atoms with Crippen molar-refractivity contribution < 1.29 is 9.47 Å². The molecular formula is C11H22O2. The van der Waals surface area contributed by atoms with Crippen LogP contribution in [0.25, 0.3) is 0 Å². The highest BCUT2D eigenvalue weighted by Crippen LogP contribution is 2.12. The molecule has 2 unspecified atom stereocenters. The van der Waals surface area contributed by atoms with Crippen molar-refractivity contribution in [2.45, 2.75) is 32.8 Å². The molecule has 0 fully saturated rings. The first kappa shape index (κ1) is 12.7. The molecule has 0 saturated heterocycles. The highest BCUT2D eigenvalue weighted by Gasteiger charge is 2.07. The number of hydrogen-bond acceptors (Lipinski definition) is 2. The third kappa shape index (κ3) is 6.79. The van der Waals surface area contributed by atoms with E-state index in [0.29, 0.717) is 6.61 Å². The monoisotopic (exact) mass is 186 g/mol. The first-order chi connectivity index (χ1) is 6.24. The molecule has 0 aliphatic carbocycles. The molecule has 2 heteroatoms. The van der Waals surface area contributed by atoms with Gasteiger partial charge in [0.05, 0.1) is 12.7 Å². The van der Waals surface area contributed by atoms with Crippen LogP contribution in [0.4, 0.5) is 0 Å². The molecule has 13 heavy (non-hydrogen) atoms. The molecule has 0 aromatic carbocycles. The third-order valence-electron chi connectivity index (χ3n) is 2.25. The summed E-state index contributed by atoms with van der Waals surface area (Å²) in [7, 11) is 3.45. The molecule has 2 nitrogen and oxygen atoms in total. The number of ether oxygens (including phenoxy) is 2. The SMILES string of the molecule is CCC(C)CC(C=CCOC)OC. The van der Waals surface area contributed by atoms with E-state index in [-0.39, 0.29) is 6.10 Å².